The van der Waals surface area contributed by atoms with Crippen molar-refractivity contribution in [3.8, 4) is 0 Å². The van der Waals surface area contributed by atoms with Crippen molar-refractivity contribution in [2.45, 2.75) is 32.7 Å². The number of hydrogen-bond donors (Lipinski definition) is 0. The number of aryl methyl sites for hydroxylation is 1. The third-order valence-electron chi connectivity index (χ3n) is 3.59. The number of hydrogen-bond acceptors (Lipinski definition) is 3. The molecule has 0 saturated heterocycles. The molecule has 1 rings (SSSR count). The minimum Gasteiger partial charge on any atom is -0.302 e. The van der Waals surface area contributed by atoms with Crippen LogP contribution in [0, 0.1) is 6.92 Å². The molecule has 1 unspecified atom stereocenters. The van der Waals surface area contributed by atoms with Gasteiger partial charge in [0, 0.05) is 30.3 Å². The van der Waals surface area contributed by atoms with Gasteiger partial charge < -0.3 is 4.90 Å². The zero-order valence-corrected chi connectivity index (χ0v) is 13.3. The van der Waals surface area contributed by atoms with Crippen molar-refractivity contribution in [1.29, 1.82) is 0 Å². The van der Waals surface area contributed by atoms with Crippen LogP contribution in [0.15, 0.2) is 24.3 Å². The first-order valence-electron chi connectivity index (χ1n) is 6.88. The molecule has 0 aromatic heterocycles. The monoisotopic (exact) mass is 279 g/mol. The SMILES string of the molecule is CCC(CSC)N(C)CCC(=O)c1ccccc1C. The number of carbonyl (C=O) groups is 1. The van der Waals surface area contributed by atoms with Crippen molar-refractivity contribution in [2.75, 3.05) is 25.6 Å². The highest BCUT2D eigenvalue weighted by Crippen LogP contribution is 2.12. The van der Waals surface area contributed by atoms with E-state index in [1.165, 1.54) is 0 Å². The summed E-state index contributed by atoms with van der Waals surface area (Å²) in [6, 6.07) is 8.41. The normalized spacial score (nSPS) is 12.7. The van der Waals surface area contributed by atoms with E-state index < -0.39 is 0 Å². The Balaban J connectivity index is 2.52. The summed E-state index contributed by atoms with van der Waals surface area (Å²) in [6.45, 7) is 5.05. The number of nitrogens with zero attached hydrogens (tertiary/aromatic N) is 1. The Kier molecular flexibility index (Phi) is 7.17. The van der Waals surface area contributed by atoms with Gasteiger partial charge in [-0.15, -0.1) is 0 Å². The molecule has 0 aliphatic heterocycles. The molecule has 1 aromatic carbocycles. The molecule has 1 atom stereocenters. The molecule has 0 radical (unpaired) electrons. The van der Waals surface area contributed by atoms with Crippen molar-refractivity contribution in [2.24, 2.45) is 0 Å². The maximum Gasteiger partial charge on any atom is 0.164 e. The van der Waals surface area contributed by atoms with Gasteiger partial charge >= 0.3 is 0 Å². The molecule has 0 aliphatic carbocycles. The van der Waals surface area contributed by atoms with Crippen LogP contribution in [0.2, 0.25) is 0 Å². The molecular weight excluding hydrogens is 254 g/mol. The zero-order chi connectivity index (χ0) is 14.3. The number of carbonyl (C=O) groups excluding carboxylic acids is 1. The second kappa shape index (κ2) is 8.39. The van der Waals surface area contributed by atoms with Gasteiger partial charge in [0.2, 0.25) is 0 Å². The number of benzene rings is 1. The Morgan fingerprint density at radius 1 is 1.37 bits per heavy atom. The summed E-state index contributed by atoms with van der Waals surface area (Å²) in [5, 5.41) is 0. The number of ketones is 1. The molecule has 0 aliphatic rings. The molecule has 0 amide bonds. The lowest BCUT2D eigenvalue weighted by atomic mass is 10.0. The highest BCUT2D eigenvalue weighted by molar-refractivity contribution is 7.98. The predicted molar refractivity (Wildman–Crippen MR) is 85.2 cm³/mol. The average molecular weight is 279 g/mol. The molecule has 0 spiro atoms. The largest absolute Gasteiger partial charge is 0.302 e. The van der Waals surface area contributed by atoms with Crippen molar-refractivity contribution >= 4 is 17.5 Å². The van der Waals surface area contributed by atoms with Crippen LogP contribution in [-0.2, 0) is 0 Å². The van der Waals surface area contributed by atoms with Crippen LogP contribution < -0.4 is 0 Å². The van der Waals surface area contributed by atoms with E-state index in [9.17, 15) is 4.79 Å². The molecule has 0 heterocycles. The van der Waals surface area contributed by atoms with Crippen molar-refractivity contribution < 1.29 is 4.79 Å². The Bertz CT molecular complexity index is 405. The first-order valence-corrected chi connectivity index (χ1v) is 8.27. The van der Waals surface area contributed by atoms with Gasteiger partial charge in [0.15, 0.2) is 5.78 Å². The van der Waals surface area contributed by atoms with Crippen LogP contribution >= 0.6 is 11.8 Å². The summed E-state index contributed by atoms with van der Waals surface area (Å²) in [5.74, 6) is 1.38. The van der Waals surface area contributed by atoms with Crippen LogP contribution in [0.5, 0.6) is 0 Å². The van der Waals surface area contributed by atoms with Gasteiger partial charge in [-0.05, 0) is 32.2 Å². The fraction of sp³-hybridized carbons (Fsp3) is 0.562. The maximum atomic E-state index is 12.2. The predicted octanol–water partition coefficient (Wildman–Crippen LogP) is 3.64. The van der Waals surface area contributed by atoms with Gasteiger partial charge in [-0.3, -0.25) is 4.79 Å². The van der Waals surface area contributed by atoms with E-state index in [0.29, 0.717) is 12.5 Å². The zero-order valence-electron chi connectivity index (χ0n) is 12.5. The maximum absolute atomic E-state index is 12.2. The molecule has 19 heavy (non-hydrogen) atoms. The van der Waals surface area contributed by atoms with E-state index in [1.54, 1.807) is 0 Å². The average Bonchev–Trinajstić information content (AvgIpc) is 2.42. The molecule has 3 heteroatoms. The first kappa shape index (κ1) is 16.3. The van der Waals surface area contributed by atoms with Crippen LogP contribution in [-0.4, -0.2) is 42.3 Å². The first-order chi connectivity index (χ1) is 9.10. The second-order valence-electron chi connectivity index (χ2n) is 4.99. The van der Waals surface area contributed by atoms with Gasteiger partial charge in [-0.1, -0.05) is 31.2 Å². The molecular formula is C16H25NOS. The van der Waals surface area contributed by atoms with E-state index in [0.717, 1.165) is 29.8 Å². The van der Waals surface area contributed by atoms with E-state index in [-0.39, 0.29) is 5.78 Å². The molecule has 0 bridgehead atoms. The highest BCUT2D eigenvalue weighted by atomic mass is 32.2. The van der Waals surface area contributed by atoms with E-state index in [2.05, 4.69) is 25.1 Å². The van der Waals surface area contributed by atoms with Crippen LogP contribution in [0.4, 0.5) is 0 Å². The van der Waals surface area contributed by atoms with E-state index in [1.807, 2.05) is 43.0 Å². The molecule has 0 fully saturated rings. The summed E-state index contributed by atoms with van der Waals surface area (Å²) in [7, 11) is 2.12. The second-order valence-corrected chi connectivity index (χ2v) is 5.90. The third kappa shape index (κ3) is 5.00. The van der Waals surface area contributed by atoms with Crippen molar-refractivity contribution in [3.05, 3.63) is 35.4 Å². The van der Waals surface area contributed by atoms with Gasteiger partial charge in [0.1, 0.15) is 0 Å². The molecule has 1 aromatic rings. The Morgan fingerprint density at radius 3 is 2.63 bits per heavy atom. The van der Waals surface area contributed by atoms with Crippen molar-refractivity contribution in [1.82, 2.24) is 4.90 Å². The topological polar surface area (TPSA) is 20.3 Å². The fourth-order valence-corrected chi connectivity index (χ4v) is 3.11. The van der Waals surface area contributed by atoms with Crippen LogP contribution in [0.1, 0.15) is 35.7 Å². The van der Waals surface area contributed by atoms with Gasteiger partial charge in [0.25, 0.3) is 0 Å². The molecule has 106 valence electrons. The molecule has 0 N–H and O–H groups in total. The van der Waals surface area contributed by atoms with E-state index in [4.69, 9.17) is 0 Å². The van der Waals surface area contributed by atoms with Gasteiger partial charge in [-0.2, -0.15) is 11.8 Å². The van der Waals surface area contributed by atoms with Gasteiger partial charge in [-0.25, -0.2) is 0 Å². The number of rotatable bonds is 8. The van der Waals surface area contributed by atoms with E-state index >= 15 is 0 Å². The standard InChI is InChI=1S/C16H25NOS/c1-5-14(12-19-4)17(3)11-10-16(18)15-9-7-6-8-13(15)2/h6-9,14H,5,10-12H2,1-4H3. The van der Waals surface area contributed by atoms with Crippen LogP contribution in [0.3, 0.4) is 0 Å². The highest BCUT2D eigenvalue weighted by Gasteiger charge is 2.14. The summed E-state index contributed by atoms with van der Waals surface area (Å²) in [6.07, 6.45) is 3.87. The quantitative estimate of drug-likeness (QED) is 0.678. The smallest absolute Gasteiger partial charge is 0.164 e. The van der Waals surface area contributed by atoms with Crippen LogP contribution in [0.25, 0.3) is 0 Å². The Morgan fingerprint density at radius 2 is 2.05 bits per heavy atom. The Hall–Kier alpha value is -0.800. The van der Waals surface area contributed by atoms with Crippen molar-refractivity contribution in [3.63, 3.8) is 0 Å². The molecule has 2 nitrogen and oxygen atoms in total. The number of Topliss-reactive ketones (excluding diaryl/α,β-unsaturated/α-hetero) is 1. The Labute approximate surface area is 121 Å². The minimum atomic E-state index is 0.254. The summed E-state index contributed by atoms with van der Waals surface area (Å²) >= 11 is 1.87. The summed E-state index contributed by atoms with van der Waals surface area (Å²) < 4.78 is 0. The summed E-state index contributed by atoms with van der Waals surface area (Å²) in [4.78, 5) is 14.5. The number of thioether (sulfide) groups is 1. The minimum absolute atomic E-state index is 0.254. The third-order valence-corrected chi connectivity index (χ3v) is 4.31. The van der Waals surface area contributed by atoms with Gasteiger partial charge in [0.05, 0.1) is 0 Å². The lowest BCUT2D eigenvalue weighted by Crippen LogP contribution is -2.34. The lowest BCUT2D eigenvalue weighted by Gasteiger charge is -2.26. The fourth-order valence-electron chi connectivity index (χ4n) is 2.23. The lowest BCUT2D eigenvalue weighted by molar-refractivity contribution is 0.0961. The summed E-state index contributed by atoms with van der Waals surface area (Å²) in [5.41, 5.74) is 1.94. The molecule has 0 saturated carbocycles.